The van der Waals surface area contributed by atoms with E-state index in [-0.39, 0.29) is 0 Å². The third kappa shape index (κ3) is 3.51. The lowest BCUT2D eigenvalue weighted by atomic mass is 9.70. The van der Waals surface area contributed by atoms with Crippen LogP contribution in [0.5, 0.6) is 0 Å². The normalized spacial score (nSPS) is 26.4. The molecule has 1 saturated carbocycles. The molecule has 0 radical (unpaired) electrons. The highest BCUT2D eigenvalue weighted by Crippen LogP contribution is 2.40. The van der Waals surface area contributed by atoms with E-state index in [9.17, 15) is 9.90 Å². The number of hydrogen-bond donors (Lipinski definition) is 2. The van der Waals surface area contributed by atoms with Gasteiger partial charge in [-0.2, -0.15) is 0 Å². The van der Waals surface area contributed by atoms with Crippen LogP contribution in [0.4, 0.5) is 5.82 Å². The predicted octanol–water partition coefficient (Wildman–Crippen LogP) is 4.29. The Morgan fingerprint density at radius 1 is 1.26 bits per heavy atom. The van der Waals surface area contributed by atoms with Gasteiger partial charge in [0.15, 0.2) is 0 Å². The molecule has 3 rings (SSSR count). The molecular formula is C19H28N2O2. The molecular weight excluding hydrogens is 288 g/mol. The van der Waals surface area contributed by atoms with Crippen molar-refractivity contribution in [2.24, 2.45) is 11.3 Å². The second-order valence-corrected chi connectivity index (χ2v) is 8.24. The lowest BCUT2D eigenvalue weighted by molar-refractivity contribution is 0.0695. The van der Waals surface area contributed by atoms with Crippen molar-refractivity contribution in [3.8, 4) is 0 Å². The molecule has 1 aromatic rings. The molecule has 1 aromatic heterocycles. The third-order valence-electron chi connectivity index (χ3n) is 5.36. The molecule has 1 fully saturated rings. The van der Waals surface area contributed by atoms with E-state index >= 15 is 0 Å². The summed E-state index contributed by atoms with van der Waals surface area (Å²) >= 11 is 0. The lowest BCUT2D eigenvalue weighted by Crippen LogP contribution is -2.36. The average Bonchev–Trinajstić information content (AvgIpc) is 2.45. The van der Waals surface area contributed by atoms with Crippen LogP contribution in [0.1, 0.15) is 74.4 Å². The number of hydrogen-bond acceptors (Lipinski definition) is 3. The molecule has 2 N–H and O–H groups in total. The summed E-state index contributed by atoms with van der Waals surface area (Å²) in [4.78, 5) is 15.9. The van der Waals surface area contributed by atoms with Crippen molar-refractivity contribution in [2.75, 3.05) is 5.32 Å². The van der Waals surface area contributed by atoms with E-state index in [1.54, 1.807) is 6.20 Å². The SMILES string of the molecule is CC1CC(Nc2ncc(C(=O)O)c3c2CCCC3)CC(C)(C)C1. The molecule has 0 aliphatic heterocycles. The Hall–Kier alpha value is -1.58. The number of anilines is 1. The van der Waals surface area contributed by atoms with Crippen LogP contribution in [0.25, 0.3) is 0 Å². The fourth-order valence-electron chi connectivity index (χ4n) is 4.71. The van der Waals surface area contributed by atoms with Gasteiger partial charge in [0.25, 0.3) is 0 Å². The number of pyridine rings is 1. The number of aromatic carboxylic acids is 1. The minimum Gasteiger partial charge on any atom is -0.478 e. The summed E-state index contributed by atoms with van der Waals surface area (Å²) in [6.45, 7) is 7.01. The topological polar surface area (TPSA) is 62.2 Å². The minimum absolute atomic E-state index is 0.358. The maximum atomic E-state index is 11.4. The molecule has 2 aliphatic rings. The molecule has 0 spiro atoms. The number of nitrogens with one attached hydrogen (secondary N) is 1. The summed E-state index contributed by atoms with van der Waals surface area (Å²) in [5.41, 5.74) is 2.90. The monoisotopic (exact) mass is 316 g/mol. The molecule has 23 heavy (non-hydrogen) atoms. The highest BCUT2D eigenvalue weighted by molar-refractivity contribution is 5.90. The zero-order valence-corrected chi connectivity index (χ0v) is 14.5. The molecule has 0 bridgehead atoms. The number of carbonyl (C=O) groups is 1. The molecule has 0 amide bonds. The van der Waals surface area contributed by atoms with Crippen molar-refractivity contribution in [3.63, 3.8) is 0 Å². The quantitative estimate of drug-likeness (QED) is 0.873. The summed E-state index contributed by atoms with van der Waals surface area (Å²) in [7, 11) is 0. The van der Waals surface area contributed by atoms with E-state index in [4.69, 9.17) is 0 Å². The molecule has 2 atom stereocenters. The van der Waals surface area contributed by atoms with Gasteiger partial charge in [-0.3, -0.25) is 0 Å². The summed E-state index contributed by atoms with van der Waals surface area (Å²) in [5, 5.41) is 13.1. The second kappa shape index (κ2) is 6.14. The maximum Gasteiger partial charge on any atom is 0.337 e. The third-order valence-corrected chi connectivity index (χ3v) is 5.36. The zero-order valence-electron chi connectivity index (χ0n) is 14.5. The van der Waals surface area contributed by atoms with E-state index in [1.165, 1.54) is 12.8 Å². The van der Waals surface area contributed by atoms with Gasteiger partial charge >= 0.3 is 5.97 Å². The number of carboxylic acid groups (broad SMARTS) is 1. The highest BCUT2D eigenvalue weighted by atomic mass is 16.4. The maximum absolute atomic E-state index is 11.4. The Labute approximate surface area is 138 Å². The lowest BCUT2D eigenvalue weighted by Gasteiger charge is -2.40. The van der Waals surface area contributed by atoms with Crippen molar-refractivity contribution >= 4 is 11.8 Å². The van der Waals surface area contributed by atoms with Crippen LogP contribution in [-0.4, -0.2) is 22.1 Å². The first-order valence-electron chi connectivity index (χ1n) is 8.86. The fourth-order valence-corrected chi connectivity index (χ4v) is 4.71. The van der Waals surface area contributed by atoms with Crippen LogP contribution in [0.3, 0.4) is 0 Å². The van der Waals surface area contributed by atoms with Gasteiger partial charge in [0.2, 0.25) is 0 Å². The standard InChI is InChI=1S/C19H28N2O2/c1-12-8-13(10-19(2,3)9-12)21-17-15-7-5-4-6-14(15)16(11-20-17)18(22)23/h11-13H,4-10H2,1-3H3,(H,20,21)(H,22,23). The molecule has 0 saturated heterocycles. The second-order valence-electron chi connectivity index (χ2n) is 8.24. The van der Waals surface area contributed by atoms with Crippen LogP contribution in [0.2, 0.25) is 0 Å². The first-order chi connectivity index (χ1) is 10.9. The van der Waals surface area contributed by atoms with Gasteiger partial charge in [-0.1, -0.05) is 20.8 Å². The number of aromatic nitrogens is 1. The van der Waals surface area contributed by atoms with E-state index in [2.05, 4.69) is 31.1 Å². The van der Waals surface area contributed by atoms with Crippen LogP contribution < -0.4 is 5.32 Å². The van der Waals surface area contributed by atoms with Crippen LogP contribution in [-0.2, 0) is 12.8 Å². The number of fused-ring (bicyclic) bond motifs is 1. The van der Waals surface area contributed by atoms with Gasteiger partial charge in [-0.05, 0) is 67.4 Å². The molecule has 1 heterocycles. The van der Waals surface area contributed by atoms with Crippen molar-refractivity contribution in [1.82, 2.24) is 4.98 Å². The van der Waals surface area contributed by atoms with Crippen LogP contribution in [0, 0.1) is 11.3 Å². The molecule has 0 aromatic carbocycles. The first-order valence-corrected chi connectivity index (χ1v) is 8.86. The number of rotatable bonds is 3. The van der Waals surface area contributed by atoms with Crippen molar-refractivity contribution in [2.45, 2.75) is 71.8 Å². The Kier molecular flexibility index (Phi) is 4.35. The summed E-state index contributed by atoms with van der Waals surface area (Å²) in [5.74, 6) is 0.791. The molecule has 2 unspecified atom stereocenters. The van der Waals surface area contributed by atoms with Crippen molar-refractivity contribution in [3.05, 3.63) is 22.9 Å². The van der Waals surface area contributed by atoms with Gasteiger partial charge in [0.1, 0.15) is 5.82 Å². The van der Waals surface area contributed by atoms with E-state index in [0.29, 0.717) is 22.9 Å². The number of nitrogens with zero attached hydrogens (tertiary/aromatic N) is 1. The predicted molar refractivity (Wildman–Crippen MR) is 92.0 cm³/mol. The first kappa shape index (κ1) is 16.3. The molecule has 126 valence electrons. The Balaban J connectivity index is 1.87. The Morgan fingerprint density at radius 3 is 2.61 bits per heavy atom. The number of carboxylic acids is 1. The molecule has 2 aliphatic carbocycles. The summed E-state index contributed by atoms with van der Waals surface area (Å²) in [6, 6.07) is 0.433. The van der Waals surface area contributed by atoms with Gasteiger partial charge < -0.3 is 10.4 Å². The van der Waals surface area contributed by atoms with E-state index in [0.717, 1.165) is 49.0 Å². The molecule has 4 heteroatoms. The van der Waals surface area contributed by atoms with Gasteiger partial charge in [0.05, 0.1) is 5.56 Å². The zero-order chi connectivity index (χ0) is 16.6. The smallest absolute Gasteiger partial charge is 0.337 e. The highest BCUT2D eigenvalue weighted by Gasteiger charge is 2.33. The minimum atomic E-state index is -0.852. The van der Waals surface area contributed by atoms with Crippen LogP contribution >= 0.6 is 0 Å². The summed E-state index contributed by atoms with van der Waals surface area (Å²) in [6.07, 6.45) is 9.14. The van der Waals surface area contributed by atoms with Gasteiger partial charge in [-0.25, -0.2) is 9.78 Å². The van der Waals surface area contributed by atoms with E-state index in [1.807, 2.05) is 0 Å². The average molecular weight is 316 g/mol. The summed E-state index contributed by atoms with van der Waals surface area (Å²) < 4.78 is 0. The fraction of sp³-hybridized carbons (Fsp3) is 0.684. The van der Waals surface area contributed by atoms with Crippen LogP contribution in [0.15, 0.2) is 6.20 Å². The largest absolute Gasteiger partial charge is 0.478 e. The van der Waals surface area contributed by atoms with E-state index < -0.39 is 5.97 Å². The van der Waals surface area contributed by atoms with Gasteiger partial charge in [0, 0.05) is 12.2 Å². The van der Waals surface area contributed by atoms with Crippen molar-refractivity contribution in [1.29, 1.82) is 0 Å². The van der Waals surface area contributed by atoms with Crippen molar-refractivity contribution < 1.29 is 9.90 Å². The Morgan fingerprint density at radius 2 is 1.96 bits per heavy atom. The van der Waals surface area contributed by atoms with Gasteiger partial charge in [-0.15, -0.1) is 0 Å². The Bertz CT molecular complexity index is 610. The molecule has 4 nitrogen and oxygen atoms in total.